The molecule has 1 saturated carbocycles. The van der Waals surface area contributed by atoms with Crippen LogP contribution in [0.5, 0.6) is 0 Å². The van der Waals surface area contributed by atoms with Crippen molar-refractivity contribution in [2.24, 2.45) is 0 Å². The molecule has 2 aliphatic rings. The summed E-state index contributed by atoms with van der Waals surface area (Å²) in [4.78, 5) is 20.9. The molecule has 0 spiro atoms. The highest BCUT2D eigenvalue weighted by Crippen LogP contribution is 2.37. The average molecular weight is 263 g/mol. The van der Waals surface area contributed by atoms with Crippen molar-refractivity contribution in [2.45, 2.75) is 38.1 Å². The lowest BCUT2D eigenvalue weighted by atomic mass is 10.1. The number of hydrogen-bond donors (Lipinski definition) is 1. The predicted octanol–water partition coefficient (Wildman–Crippen LogP) is 0.848. The summed E-state index contributed by atoms with van der Waals surface area (Å²) in [5, 5.41) is 6.98. The lowest BCUT2D eigenvalue weighted by molar-refractivity contribution is 0.0531. The summed E-state index contributed by atoms with van der Waals surface area (Å²) in [5.41, 5.74) is 0. The Balaban J connectivity index is 1.68. The molecule has 0 radical (unpaired) electrons. The zero-order valence-corrected chi connectivity index (χ0v) is 11.6. The quantitative estimate of drug-likeness (QED) is 0.878. The number of piperazine rings is 1. The highest BCUT2D eigenvalue weighted by atomic mass is 16.2. The van der Waals surface area contributed by atoms with Gasteiger partial charge >= 0.3 is 0 Å². The van der Waals surface area contributed by atoms with Crippen LogP contribution in [0.25, 0.3) is 0 Å². The Morgan fingerprint density at radius 1 is 1.42 bits per heavy atom. The topological polar surface area (TPSA) is 65.1 Å². The van der Waals surface area contributed by atoms with E-state index in [-0.39, 0.29) is 5.91 Å². The Kier molecular flexibility index (Phi) is 3.26. The van der Waals surface area contributed by atoms with Gasteiger partial charge in [-0.15, -0.1) is 5.10 Å². The van der Waals surface area contributed by atoms with Gasteiger partial charge in [-0.3, -0.25) is 14.8 Å². The van der Waals surface area contributed by atoms with Gasteiger partial charge in [-0.1, -0.05) is 6.92 Å². The van der Waals surface area contributed by atoms with E-state index in [1.54, 1.807) is 0 Å². The highest BCUT2D eigenvalue weighted by molar-refractivity contribution is 5.90. The number of aromatic nitrogens is 3. The predicted molar refractivity (Wildman–Crippen MR) is 71.0 cm³/mol. The zero-order chi connectivity index (χ0) is 13.4. The molecule has 0 aromatic carbocycles. The second-order valence-corrected chi connectivity index (χ2v) is 5.61. The molecule has 1 amide bonds. The van der Waals surface area contributed by atoms with Crippen LogP contribution in [0.15, 0.2) is 0 Å². The number of nitrogens with zero attached hydrogens (tertiary/aromatic N) is 4. The number of carbonyl (C=O) groups excluding carboxylic acids is 1. The molecule has 0 bridgehead atoms. The monoisotopic (exact) mass is 263 g/mol. The summed E-state index contributed by atoms with van der Waals surface area (Å²) in [6.07, 6.45) is 3.38. The molecule has 104 valence electrons. The third kappa shape index (κ3) is 2.49. The van der Waals surface area contributed by atoms with Gasteiger partial charge in [-0.05, 0) is 26.3 Å². The van der Waals surface area contributed by atoms with Gasteiger partial charge < -0.3 is 4.90 Å². The van der Waals surface area contributed by atoms with Crippen molar-refractivity contribution >= 4 is 5.91 Å². The molecule has 19 heavy (non-hydrogen) atoms. The molecule has 3 rings (SSSR count). The molecule has 1 aromatic rings. The van der Waals surface area contributed by atoms with Gasteiger partial charge in [0.2, 0.25) is 5.82 Å². The lowest BCUT2D eigenvalue weighted by Gasteiger charge is -2.38. The largest absolute Gasteiger partial charge is 0.333 e. The minimum absolute atomic E-state index is 0.0327. The molecule has 2 heterocycles. The van der Waals surface area contributed by atoms with E-state index in [9.17, 15) is 4.79 Å². The fraction of sp³-hybridized carbons (Fsp3) is 0.769. The Bertz CT molecular complexity index is 467. The number of hydrogen-bond acceptors (Lipinski definition) is 4. The van der Waals surface area contributed by atoms with Crippen molar-refractivity contribution in [3.05, 3.63) is 11.6 Å². The van der Waals surface area contributed by atoms with E-state index >= 15 is 0 Å². The Hall–Kier alpha value is -1.43. The average Bonchev–Trinajstić information content (AvgIpc) is 3.16. The van der Waals surface area contributed by atoms with Crippen molar-refractivity contribution in [2.75, 3.05) is 26.7 Å². The highest BCUT2D eigenvalue weighted by Gasteiger charge is 2.31. The molecule has 1 saturated heterocycles. The minimum atomic E-state index is -0.0327. The normalized spacial score (nSPS) is 24.7. The molecular weight excluding hydrogens is 242 g/mol. The van der Waals surface area contributed by atoms with Crippen molar-refractivity contribution in [3.63, 3.8) is 0 Å². The summed E-state index contributed by atoms with van der Waals surface area (Å²) in [7, 11) is 2.12. The smallest absolute Gasteiger partial charge is 0.293 e. The van der Waals surface area contributed by atoms with Crippen LogP contribution in [-0.4, -0.2) is 63.6 Å². The van der Waals surface area contributed by atoms with Crippen molar-refractivity contribution < 1.29 is 4.79 Å². The molecule has 1 aliphatic heterocycles. The van der Waals surface area contributed by atoms with E-state index in [4.69, 9.17) is 0 Å². The van der Waals surface area contributed by atoms with E-state index < -0.39 is 0 Å². The summed E-state index contributed by atoms with van der Waals surface area (Å²) < 4.78 is 0. The molecule has 1 unspecified atom stereocenters. The maximum Gasteiger partial charge on any atom is 0.293 e. The van der Waals surface area contributed by atoms with Crippen molar-refractivity contribution in [1.29, 1.82) is 0 Å². The SMILES string of the molecule is CCC1CN(C(=O)c2n[nH]c(C3CC3)n2)CCN1C. The third-order valence-corrected chi connectivity index (χ3v) is 4.19. The van der Waals surface area contributed by atoms with Gasteiger partial charge in [0.15, 0.2) is 0 Å². The van der Waals surface area contributed by atoms with Crippen LogP contribution < -0.4 is 0 Å². The number of rotatable bonds is 3. The summed E-state index contributed by atoms with van der Waals surface area (Å²) in [5.74, 6) is 1.69. The number of amides is 1. The van der Waals surface area contributed by atoms with Crippen molar-refractivity contribution in [1.82, 2.24) is 25.0 Å². The number of carbonyl (C=O) groups is 1. The van der Waals surface area contributed by atoms with Gasteiger partial charge in [-0.25, -0.2) is 4.98 Å². The molecule has 1 aliphatic carbocycles. The van der Waals surface area contributed by atoms with Crippen LogP contribution in [0.2, 0.25) is 0 Å². The van der Waals surface area contributed by atoms with Crippen LogP contribution >= 0.6 is 0 Å². The molecule has 6 nitrogen and oxygen atoms in total. The Labute approximate surface area is 113 Å². The molecule has 1 N–H and O–H groups in total. The van der Waals surface area contributed by atoms with Gasteiger partial charge in [0.1, 0.15) is 5.82 Å². The molecule has 1 atom stereocenters. The Morgan fingerprint density at radius 2 is 2.21 bits per heavy atom. The number of likely N-dealkylation sites (N-methyl/N-ethyl adjacent to an activating group) is 1. The first-order valence-corrected chi connectivity index (χ1v) is 7.11. The van der Waals surface area contributed by atoms with Gasteiger partial charge in [0.05, 0.1) is 0 Å². The first-order valence-electron chi connectivity index (χ1n) is 7.11. The second kappa shape index (κ2) is 4.92. The summed E-state index contributed by atoms with van der Waals surface area (Å²) in [6.45, 7) is 4.62. The molecule has 6 heteroatoms. The first kappa shape index (κ1) is 12.6. The fourth-order valence-corrected chi connectivity index (χ4v) is 2.62. The number of nitrogens with one attached hydrogen (secondary N) is 1. The zero-order valence-electron chi connectivity index (χ0n) is 11.6. The van der Waals surface area contributed by atoms with E-state index in [0.29, 0.717) is 17.8 Å². The van der Waals surface area contributed by atoms with E-state index in [1.165, 1.54) is 0 Å². The van der Waals surface area contributed by atoms with Crippen LogP contribution in [-0.2, 0) is 0 Å². The fourth-order valence-electron chi connectivity index (χ4n) is 2.62. The number of H-pyrrole nitrogens is 1. The molecule has 2 fully saturated rings. The van der Waals surface area contributed by atoms with Gasteiger partial charge in [-0.2, -0.15) is 0 Å². The van der Waals surface area contributed by atoms with Crippen molar-refractivity contribution in [3.8, 4) is 0 Å². The van der Waals surface area contributed by atoms with Crippen LogP contribution in [0.1, 0.15) is 48.5 Å². The Morgan fingerprint density at radius 3 is 2.89 bits per heavy atom. The minimum Gasteiger partial charge on any atom is -0.333 e. The van der Waals surface area contributed by atoms with Crippen LogP contribution in [0, 0.1) is 0 Å². The summed E-state index contributed by atoms with van der Waals surface area (Å²) >= 11 is 0. The third-order valence-electron chi connectivity index (χ3n) is 4.19. The van der Waals surface area contributed by atoms with Gasteiger partial charge in [0.25, 0.3) is 5.91 Å². The van der Waals surface area contributed by atoms with E-state index in [2.05, 4.69) is 34.1 Å². The maximum atomic E-state index is 12.4. The first-order chi connectivity index (χ1) is 9.19. The second-order valence-electron chi connectivity index (χ2n) is 5.61. The number of aromatic amines is 1. The standard InChI is InChI=1S/C13H21N5O/c1-3-10-8-18(7-6-17(10)2)13(19)12-14-11(15-16-12)9-4-5-9/h9-10H,3-8H2,1-2H3,(H,14,15,16). The summed E-state index contributed by atoms with van der Waals surface area (Å²) in [6, 6.07) is 0.444. The molecular formula is C13H21N5O. The maximum absolute atomic E-state index is 12.4. The lowest BCUT2D eigenvalue weighted by Crippen LogP contribution is -2.53. The van der Waals surface area contributed by atoms with Crippen LogP contribution in [0.4, 0.5) is 0 Å². The van der Waals surface area contributed by atoms with Gasteiger partial charge in [0, 0.05) is 31.6 Å². The molecule has 1 aromatic heterocycles. The van der Waals surface area contributed by atoms with Crippen LogP contribution in [0.3, 0.4) is 0 Å². The van der Waals surface area contributed by atoms with E-state index in [0.717, 1.165) is 44.7 Å². The van der Waals surface area contributed by atoms with E-state index in [1.807, 2.05) is 4.90 Å².